The van der Waals surface area contributed by atoms with Gasteiger partial charge < -0.3 is 8.85 Å². The molecule has 0 amide bonds. The zero-order chi connectivity index (χ0) is 34.2. The third-order valence-electron chi connectivity index (χ3n) is 15.0. The first-order valence-electron chi connectivity index (χ1n) is 18.2. The standard InChI is InChI=1S/C37H67F3O3Si2/c1-24(14-17-32(41)37(38,39)40)27-15-16-28-26-23-31(43-45(12,13)34(5,6)7)30-22-25(42-44(10,11)33(2,3)4)18-20-36(30,9)29(26)19-21-35(27,28)8/h24-31H,14-23H2,1-13H3/t24?,25-,26?,27?,28?,29?,30+,31+,35?,36?/m1/s1. The van der Waals surface area contributed by atoms with E-state index < -0.39 is 28.6 Å². The lowest BCUT2D eigenvalue weighted by Crippen LogP contribution is -2.61. The molecule has 4 fully saturated rings. The van der Waals surface area contributed by atoms with E-state index in [4.69, 9.17) is 8.85 Å². The van der Waals surface area contributed by atoms with Crippen molar-refractivity contribution in [3.8, 4) is 0 Å². The predicted octanol–water partition coefficient (Wildman–Crippen LogP) is 11.6. The minimum atomic E-state index is -4.72. The second-order valence-electron chi connectivity index (χ2n) is 19.6. The van der Waals surface area contributed by atoms with Crippen LogP contribution < -0.4 is 0 Å². The largest absolute Gasteiger partial charge is 0.449 e. The molecule has 0 aliphatic heterocycles. The average Bonchev–Trinajstić information content (AvgIpc) is 3.23. The zero-order valence-electron chi connectivity index (χ0n) is 31.0. The summed E-state index contributed by atoms with van der Waals surface area (Å²) in [7, 11) is -3.93. The Kier molecular flexibility index (Phi) is 10.3. The van der Waals surface area contributed by atoms with Crippen molar-refractivity contribution in [3.05, 3.63) is 0 Å². The van der Waals surface area contributed by atoms with Gasteiger partial charge in [-0.3, -0.25) is 4.79 Å². The summed E-state index contributed by atoms with van der Waals surface area (Å²) in [4.78, 5) is 11.7. The molecule has 3 nitrogen and oxygen atoms in total. The summed E-state index contributed by atoms with van der Waals surface area (Å²) >= 11 is 0. The minimum absolute atomic E-state index is 0.120. The lowest BCUT2D eigenvalue weighted by Gasteiger charge is -2.64. The lowest BCUT2D eigenvalue weighted by atomic mass is 9.43. The Morgan fingerprint density at radius 1 is 0.778 bits per heavy atom. The number of hydrogen-bond acceptors (Lipinski definition) is 3. The minimum Gasteiger partial charge on any atom is -0.414 e. The van der Waals surface area contributed by atoms with Gasteiger partial charge in [0.1, 0.15) is 0 Å². The molecule has 4 aliphatic rings. The number of rotatable bonds is 8. The second-order valence-corrected chi connectivity index (χ2v) is 29.1. The first kappa shape index (κ1) is 37.6. The van der Waals surface area contributed by atoms with Crippen LogP contribution in [0.3, 0.4) is 0 Å². The number of halogens is 3. The van der Waals surface area contributed by atoms with Gasteiger partial charge >= 0.3 is 6.18 Å². The van der Waals surface area contributed by atoms with Crippen molar-refractivity contribution >= 4 is 22.4 Å². The van der Waals surface area contributed by atoms with Crippen LogP contribution in [0.25, 0.3) is 0 Å². The van der Waals surface area contributed by atoms with Crippen molar-refractivity contribution in [2.75, 3.05) is 0 Å². The van der Waals surface area contributed by atoms with Gasteiger partial charge in [0.05, 0.1) is 0 Å². The quantitative estimate of drug-likeness (QED) is 0.241. The van der Waals surface area contributed by atoms with Crippen LogP contribution in [0, 0.1) is 46.3 Å². The van der Waals surface area contributed by atoms with E-state index in [1.165, 1.54) is 12.8 Å². The summed E-state index contributed by atoms with van der Waals surface area (Å²) in [6, 6.07) is 0. The number of carbonyl (C=O) groups excluding carboxylic acids is 1. The highest BCUT2D eigenvalue weighted by atomic mass is 28.4. The molecule has 0 bridgehead atoms. The number of Topliss-reactive ketones (excluding diaryl/α,β-unsaturated/α-hetero) is 1. The predicted molar refractivity (Wildman–Crippen MR) is 184 cm³/mol. The summed E-state index contributed by atoms with van der Waals surface area (Å²) in [5.41, 5.74) is 0.336. The van der Waals surface area contributed by atoms with Gasteiger partial charge in [0.15, 0.2) is 16.6 Å². The van der Waals surface area contributed by atoms with Crippen LogP contribution >= 0.6 is 0 Å². The van der Waals surface area contributed by atoms with Crippen molar-refractivity contribution in [2.24, 2.45) is 46.3 Å². The van der Waals surface area contributed by atoms with Crippen molar-refractivity contribution < 1.29 is 26.8 Å². The van der Waals surface area contributed by atoms with E-state index in [0.717, 1.165) is 38.5 Å². The van der Waals surface area contributed by atoms with Crippen molar-refractivity contribution in [2.45, 2.75) is 181 Å². The van der Waals surface area contributed by atoms with Gasteiger partial charge in [0.2, 0.25) is 5.78 Å². The van der Waals surface area contributed by atoms with Crippen LogP contribution in [-0.4, -0.2) is 40.8 Å². The summed E-state index contributed by atoms with van der Waals surface area (Å²) in [6.45, 7) is 30.8. The summed E-state index contributed by atoms with van der Waals surface area (Å²) in [5, 5.41) is 0.321. The zero-order valence-corrected chi connectivity index (χ0v) is 33.0. The Labute approximate surface area is 276 Å². The fourth-order valence-electron chi connectivity index (χ4n) is 10.3. The second kappa shape index (κ2) is 12.3. The highest BCUT2D eigenvalue weighted by Gasteiger charge is 2.63. The molecule has 0 aromatic heterocycles. The number of ketones is 1. The number of carbonyl (C=O) groups is 1. The highest BCUT2D eigenvalue weighted by Crippen LogP contribution is 2.69. The van der Waals surface area contributed by atoms with E-state index in [9.17, 15) is 18.0 Å². The van der Waals surface area contributed by atoms with Crippen LogP contribution in [0.2, 0.25) is 36.3 Å². The average molecular weight is 673 g/mol. The first-order chi connectivity index (χ1) is 20.2. The van der Waals surface area contributed by atoms with E-state index in [0.29, 0.717) is 42.1 Å². The van der Waals surface area contributed by atoms with Crippen molar-refractivity contribution in [1.29, 1.82) is 0 Å². The lowest BCUT2D eigenvalue weighted by molar-refractivity contribution is -0.172. The van der Waals surface area contributed by atoms with Crippen molar-refractivity contribution in [1.82, 2.24) is 0 Å². The van der Waals surface area contributed by atoms with Gasteiger partial charge in [-0.25, -0.2) is 0 Å². The van der Waals surface area contributed by atoms with Gasteiger partial charge in [-0.05, 0) is 140 Å². The number of hydrogen-bond donors (Lipinski definition) is 0. The third kappa shape index (κ3) is 7.11. The molecular formula is C37H67F3O3Si2. The van der Waals surface area contributed by atoms with Crippen LogP contribution in [0.15, 0.2) is 0 Å². The molecule has 0 aromatic rings. The Morgan fingerprint density at radius 3 is 1.87 bits per heavy atom. The van der Waals surface area contributed by atoms with Gasteiger partial charge in [-0.1, -0.05) is 62.3 Å². The maximum atomic E-state index is 13.0. The topological polar surface area (TPSA) is 35.5 Å². The Balaban J connectivity index is 1.61. The molecule has 0 spiro atoms. The third-order valence-corrected chi connectivity index (χ3v) is 24.1. The molecule has 0 aromatic carbocycles. The van der Waals surface area contributed by atoms with E-state index >= 15 is 0 Å². The molecular weight excluding hydrogens is 606 g/mol. The molecule has 7 unspecified atom stereocenters. The molecule has 0 saturated heterocycles. The maximum Gasteiger partial charge on any atom is 0.449 e. The fourth-order valence-corrected chi connectivity index (χ4v) is 13.1. The summed E-state index contributed by atoms with van der Waals surface area (Å²) in [6.07, 6.45) is 4.88. The summed E-state index contributed by atoms with van der Waals surface area (Å²) in [5.74, 6) is 1.25. The van der Waals surface area contributed by atoms with Gasteiger partial charge in [0.25, 0.3) is 0 Å². The molecule has 4 aliphatic carbocycles. The van der Waals surface area contributed by atoms with Crippen LogP contribution in [0.4, 0.5) is 13.2 Å². The molecule has 45 heavy (non-hydrogen) atoms. The molecule has 0 radical (unpaired) electrons. The molecule has 0 heterocycles. The van der Waals surface area contributed by atoms with Crippen LogP contribution in [0.5, 0.6) is 0 Å². The Morgan fingerprint density at radius 2 is 1.31 bits per heavy atom. The van der Waals surface area contributed by atoms with E-state index in [-0.39, 0.29) is 39.3 Å². The van der Waals surface area contributed by atoms with E-state index in [2.05, 4.69) is 88.5 Å². The van der Waals surface area contributed by atoms with Gasteiger partial charge in [-0.15, -0.1) is 0 Å². The van der Waals surface area contributed by atoms with E-state index in [1.54, 1.807) is 0 Å². The molecule has 10 atom stereocenters. The summed E-state index contributed by atoms with van der Waals surface area (Å²) < 4.78 is 53.6. The Bertz CT molecular complexity index is 1080. The normalized spacial score (nSPS) is 38.7. The van der Waals surface area contributed by atoms with Crippen LogP contribution in [-0.2, 0) is 13.6 Å². The molecule has 262 valence electrons. The van der Waals surface area contributed by atoms with Gasteiger partial charge in [0, 0.05) is 18.6 Å². The smallest absolute Gasteiger partial charge is 0.414 e. The molecule has 8 heteroatoms. The molecule has 4 saturated carbocycles. The Hall–Kier alpha value is -0.186. The molecule has 0 N–H and O–H groups in total. The SMILES string of the molecule is CC(CCC(=O)C(F)(F)F)C1CCC2C3C[C@H](O[Si](C)(C)C(C)(C)C)[C@@H]4C[C@H](O[Si](C)(C)C(C)(C)C)CCC4(C)C3CCC12C. The highest BCUT2D eigenvalue weighted by molar-refractivity contribution is 6.74. The maximum absolute atomic E-state index is 13.0. The van der Waals surface area contributed by atoms with Gasteiger partial charge in [-0.2, -0.15) is 13.2 Å². The monoisotopic (exact) mass is 672 g/mol. The number of fused-ring (bicyclic) bond motifs is 5. The van der Waals surface area contributed by atoms with Crippen LogP contribution in [0.1, 0.15) is 127 Å². The fraction of sp³-hybridized carbons (Fsp3) is 0.973. The number of alkyl halides is 3. The first-order valence-corrected chi connectivity index (χ1v) is 24.0. The molecule has 4 rings (SSSR count). The van der Waals surface area contributed by atoms with Crippen molar-refractivity contribution in [3.63, 3.8) is 0 Å². The van der Waals surface area contributed by atoms with E-state index in [1.807, 2.05) is 0 Å².